The Morgan fingerprint density at radius 1 is 1.25 bits per heavy atom. The van der Waals surface area contributed by atoms with Gasteiger partial charge >= 0.3 is 0 Å². The first-order valence-corrected chi connectivity index (χ1v) is 5.22. The second-order valence-corrected chi connectivity index (χ2v) is 3.73. The molecule has 4 heteroatoms. The Balaban J connectivity index is 2.54. The van der Waals surface area contributed by atoms with Gasteiger partial charge in [-0.3, -0.25) is 0 Å². The average Bonchev–Trinajstić information content (AvgIpc) is 2.32. The van der Waals surface area contributed by atoms with Gasteiger partial charge in [0.15, 0.2) is 5.82 Å². The maximum Gasteiger partial charge on any atom is 0.164 e. The lowest BCUT2D eigenvalue weighted by molar-refractivity contribution is 0.416. The Morgan fingerprint density at radius 2 is 2.00 bits per heavy atom. The molecule has 0 aliphatic carbocycles. The number of ether oxygens (including phenoxy) is 1. The summed E-state index contributed by atoms with van der Waals surface area (Å²) in [5.41, 5.74) is 1.70. The van der Waals surface area contributed by atoms with Crippen molar-refractivity contribution in [3.8, 4) is 17.1 Å². The van der Waals surface area contributed by atoms with E-state index in [2.05, 4.69) is 9.97 Å². The summed E-state index contributed by atoms with van der Waals surface area (Å²) in [4.78, 5) is 8.47. The van der Waals surface area contributed by atoms with Gasteiger partial charge in [-0.2, -0.15) is 0 Å². The number of rotatable bonds is 2. The van der Waals surface area contributed by atoms with Crippen LogP contribution >= 0.6 is 11.6 Å². The Morgan fingerprint density at radius 3 is 2.69 bits per heavy atom. The van der Waals surface area contributed by atoms with Crippen molar-refractivity contribution in [2.75, 3.05) is 7.11 Å². The number of hydrogen-bond donors (Lipinski definition) is 0. The quantitative estimate of drug-likeness (QED) is 0.749. The normalized spacial score (nSPS) is 10.2. The van der Waals surface area contributed by atoms with Gasteiger partial charge in [-0.15, -0.1) is 0 Å². The van der Waals surface area contributed by atoms with Crippen molar-refractivity contribution in [1.29, 1.82) is 0 Å². The summed E-state index contributed by atoms with van der Waals surface area (Å²) in [5, 5.41) is 0.468. The van der Waals surface area contributed by atoms with Gasteiger partial charge < -0.3 is 4.74 Å². The van der Waals surface area contributed by atoms with Crippen LogP contribution in [0.5, 0.6) is 5.75 Å². The molecule has 1 heterocycles. The molecule has 0 unspecified atom stereocenters. The Kier molecular flexibility index (Phi) is 3.06. The monoisotopic (exact) mass is 234 g/mol. The zero-order valence-corrected chi connectivity index (χ0v) is 9.82. The van der Waals surface area contributed by atoms with Crippen molar-refractivity contribution >= 4 is 11.6 Å². The van der Waals surface area contributed by atoms with Crippen molar-refractivity contribution in [3.63, 3.8) is 0 Å². The van der Waals surface area contributed by atoms with Gasteiger partial charge in [0.2, 0.25) is 0 Å². The van der Waals surface area contributed by atoms with Crippen LogP contribution in [0.15, 0.2) is 30.5 Å². The largest absolute Gasteiger partial charge is 0.496 e. The number of hydrogen-bond acceptors (Lipinski definition) is 3. The van der Waals surface area contributed by atoms with Crippen LogP contribution in [0.25, 0.3) is 11.4 Å². The topological polar surface area (TPSA) is 35.0 Å². The number of aryl methyl sites for hydroxylation is 1. The molecule has 0 saturated heterocycles. The zero-order valence-electron chi connectivity index (χ0n) is 9.07. The van der Waals surface area contributed by atoms with Gasteiger partial charge in [0.1, 0.15) is 10.9 Å². The molecule has 0 aliphatic rings. The molecular formula is C12H11ClN2O. The molecule has 0 aliphatic heterocycles. The van der Waals surface area contributed by atoms with E-state index >= 15 is 0 Å². The molecule has 0 atom stereocenters. The van der Waals surface area contributed by atoms with Gasteiger partial charge in [0, 0.05) is 11.8 Å². The van der Waals surface area contributed by atoms with Crippen LogP contribution in [0.1, 0.15) is 5.56 Å². The lowest BCUT2D eigenvalue weighted by Gasteiger charge is -2.07. The molecule has 0 amide bonds. The highest BCUT2D eigenvalue weighted by Gasteiger charge is 2.08. The second kappa shape index (κ2) is 4.49. The van der Waals surface area contributed by atoms with Crippen LogP contribution in [0, 0.1) is 6.92 Å². The molecule has 1 aromatic carbocycles. The van der Waals surface area contributed by atoms with Crippen LogP contribution in [0.2, 0.25) is 5.15 Å². The van der Waals surface area contributed by atoms with E-state index in [0.717, 1.165) is 16.9 Å². The minimum Gasteiger partial charge on any atom is -0.496 e. The van der Waals surface area contributed by atoms with Crippen LogP contribution in [0.3, 0.4) is 0 Å². The highest BCUT2D eigenvalue weighted by molar-refractivity contribution is 6.30. The Bertz CT molecular complexity index is 514. The van der Waals surface area contributed by atoms with Gasteiger partial charge in [-0.25, -0.2) is 9.97 Å². The maximum atomic E-state index is 5.97. The third-order valence-electron chi connectivity index (χ3n) is 2.26. The first-order valence-electron chi connectivity index (χ1n) is 4.85. The fraction of sp³-hybridized carbons (Fsp3) is 0.167. The highest BCUT2D eigenvalue weighted by Crippen LogP contribution is 2.27. The molecule has 2 rings (SSSR count). The van der Waals surface area contributed by atoms with E-state index in [4.69, 9.17) is 16.3 Å². The van der Waals surface area contributed by atoms with Gasteiger partial charge in [0.25, 0.3) is 0 Å². The number of para-hydroxylation sites is 1. The van der Waals surface area contributed by atoms with Crippen LogP contribution in [-0.2, 0) is 0 Å². The zero-order chi connectivity index (χ0) is 11.5. The van der Waals surface area contributed by atoms with Crippen molar-refractivity contribution in [1.82, 2.24) is 9.97 Å². The van der Waals surface area contributed by atoms with Crippen molar-refractivity contribution in [3.05, 3.63) is 41.2 Å². The van der Waals surface area contributed by atoms with Crippen molar-refractivity contribution in [2.24, 2.45) is 0 Å². The second-order valence-electron chi connectivity index (χ2n) is 3.37. The standard InChI is InChI=1S/C12H11ClN2O/c1-8-7-14-12(15-11(8)13)9-5-3-4-6-10(9)16-2/h3-7H,1-2H3. The van der Waals surface area contributed by atoms with E-state index in [1.165, 1.54) is 0 Å². The number of benzene rings is 1. The fourth-order valence-corrected chi connectivity index (χ4v) is 1.51. The molecule has 82 valence electrons. The molecule has 0 N–H and O–H groups in total. The molecular weight excluding hydrogens is 224 g/mol. The SMILES string of the molecule is COc1ccccc1-c1ncc(C)c(Cl)n1. The van der Waals surface area contributed by atoms with Crippen molar-refractivity contribution in [2.45, 2.75) is 6.92 Å². The number of halogens is 1. The summed E-state index contributed by atoms with van der Waals surface area (Å²) in [6.45, 7) is 1.87. The molecule has 0 radical (unpaired) electrons. The van der Waals surface area contributed by atoms with Gasteiger partial charge in [-0.05, 0) is 19.1 Å². The lowest BCUT2D eigenvalue weighted by Crippen LogP contribution is -1.94. The van der Waals surface area contributed by atoms with E-state index in [-0.39, 0.29) is 0 Å². The van der Waals surface area contributed by atoms with Crippen molar-refractivity contribution < 1.29 is 4.74 Å². The highest BCUT2D eigenvalue weighted by atomic mass is 35.5. The summed E-state index contributed by atoms with van der Waals surface area (Å²) in [6, 6.07) is 7.58. The Hall–Kier alpha value is -1.61. The smallest absolute Gasteiger partial charge is 0.164 e. The van der Waals surface area contributed by atoms with Gasteiger partial charge in [-0.1, -0.05) is 23.7 Å². The van der Waals surface area contributed by atoms with E-state index in [1.807, 2.05) is 31.2 Å². The lowest BCUT2D eigenvalue weighted by atomic mass is 10.2. The van der Waals surface area contributed by atoms with E-state index < -0.39 is 0 Å². The summed E-state index contributed by atoms with van der Waals surface area (Å²) in [6.07, 6.45) is 1.71. The van der Waals surface area contributed by atoms with Crippen LogP contribution in [0.4, 0.5) is 0 Å². The molecule has 0 spiro atoms. The summed E-state index contributed by atoms with van der Waals surface area (Å²) in [7, 11) is 1.62. The van der Waals surface area contributed by atoms with Crippen LogP contribution < -0.4 is 4.74 Å². The summed E-state index contributed by atoms with van der Waals surface area (Å²) >= 11 is 5.97. The van der Waals surface area contributed by atoms with E-state index in [9.17, 15) is 0 Å². The molecule has 16 heavy (non-hydrogen) atoms. The summed E-state index contributed by atoms with van der Waals surface area (Å²) < 4.78 is 5.25. The molecule has 2 aromatic rings. The molecule has 3 nitrogen and oxygen atoms in total. The third kappa shape index (κ3) is 1.99. The fourth-order valence-electron chi connectivity index (χ4n) is 1.38. The molecule has 0 bridgehead atoms. The third-order valence-corrected chi connectivity index (χ3v) is 2.64. The minimum absolute atomic E-state index is 0.468. The predicted molar refractivity (Wildman–Crippen MR) is 63.8 cm³/mol. The molecule has 0 saturated carbocycles. The van der Waals surface area contributed by atoms with E-state index in [0.29, 0.717) is 11.0 Å². The molecule has 0 fully saturated rings. The summed E-state index contributed by atoms with van der Waals surface area (Å²) in [5.74, 6) is 1.32. The van der Waals surface area contributed by atoms with Crippen LogP contribution in [-0.4, -0.2) is 17.1 Å². The maximum absolute atomic E-state index is 5.97. The number of methoxy groups -OCH3 is 1. The Labute approximate surface area is 99.1 Å². The number of nitrogens with zero attached hydrogens (tertiary/aromatic N) is 2. The first-order chi connectivity index (χ1) is 7.72. The average molecular weight is 235 g/mol. The first kappa shape index (κ1) is 10.9. The predicted octanol–water partition coefficient (Wildman–Crippen LogP) is 3.11. The number of aromatic nitrogens is 2. The molecule has 1 aromatic heterocycles. The minimum atomic E-state index is 0.468. The van der Waals surface area contributed by atoms with Gasteiger partial charge in [0.05, 0.1) is 12.7 Å². The van der Waals surface area contributed by atoms with E-state index in [1.54, 1.807) is 13.3 Å².